The molecule has 0 saturated heterocycles. The molecular weight excluding hydrogens is 305 g/mol. The molecular formula is C19H24NO2P. The lowest BCUT2D eigenvalue weighted by Crippen LogP contribution is -2.31. The molecule has 1 N–H and O–H groups in total. The molecule has 2 atom stereocenters. The smallest absolute Gasteiger partial charge is 0.298 e. The topological polar surface area (TPSA) is 38.3 Å². The van der Waals surface area contributed by atoms with Crippen molar-refractivity contribution in [3.05, 3.63) is 54.6 Å². The highest BCUT2D eigenvalue weighted by Crippen LogP contribution is 2.57. The molecule has 1 heterocycles. The molecule has 0 unspecified atom stereocenters. The standard InChI is InChI=1S/C19H24NO2P/c1-2-3-4-8-15-19-20-17-13-9-10-14-18(17)22-23(19,21)16-11-6-5-7-12-16/h5-7,9-14,19-20H,2-4,8,15H2,1H3/t19-,23-/m1/s1. The summed E-state index contributed by atoms with van der Waals surface area (Å²) in [7, 11) is -2.97. The Balaban J connectivity index is 1.88. The lowest BCUT2D eigenvalue weighted by Gasteiger charge is -2.35. The Morgan fingerprint density at radius 3 is 2.52 bits per heavy atom. The van der Waals surface area contributed by atoms with Gasteiger partial charge in [-0.2, -0.15) is 0 Å². The van der Waals surface area contributed by atoms with Crippen LogP contribution in [0.25, 0.3) is 0 Å². The minimum atomic E-state index is -2.97. The molecule has 0 saturated carbocycles. The van der Waals surface area contributed by atoms with Crippen LogP contribution < -0.4 is 15.1 Å². The molecule has 3 nitrogen and oxygen atoms in total. The molecule has 23 heavy (non-hydrogen) atoms. The van der Waals surface area contributed by atoms with Gasteiger partial charge in [0.25, 0.3) is 7.37 Å². The summed E-state index contributed by atoms with van der Waals surface area (Å²) in [5.74, 6) is 0.529. The SMILES string of the molecule is CCCCCC[C@@H]1Nc2ccccc2O[P@]1(=O)c1ccccc1. The van der Waals surface area contributed by atoms with Crippen molar-refractivity contribution in [2.24, 2.45) is 0 Å². The number of anilines is 1. The van der Waals surface area contributed by atoms with Crippen LogP contribution in [0, 0.1) is 0 Å². The summed E-state index contributed by atoms with van der Waals surface area (Å²) in [6, 6.07) is 17.4. The maximum atomic E-state index is 13.7. The van der Waals surface area contributed by atoms with Gasteiger partial charge in [0.05, 0.1) is 11.0 Å². The van der Waals surface area contributed by atoms with Crippen molar-refractivity contribution >= 4 is 18.4 Å². The minimum absolute atomic E-state index is 0.156. The van der Waals surface area contributed by atoms with E-state index in [-0.39, 0.29) is 5.78 Å². The third-order valence-corrected chi connectivity index (χ3v) is 6.99. The second-order valence-corrected chi connectivity index (χ2v) is 8.55. The second-order valence-electron chi connectivity index (χ2n) is 6.03. The Labute approximate surface area is 138 Å². The van der Waals surface area contributed by atoms with Crippen molar-refractivity contribution in [3.63, 3.8) is 0 Å². The highest BCUT2D eigenvalue weighted by Gasteiger charge is 2.41. The van der Waals surface area contributed by atoms with E-state index >= 15 is 0 Å². The zero-order chi connectivity index (χ0) is 16.1. The van der Waals surface area contributed by atoms with Gasteiger partial charge in [0.15, 0.2) is 0 Å². The number of benzene rings is 2. The number of fused-ring (bicyclic) bond motifs is 1. The van der Waals surface area contributed by atoms with Gasteiger partial charge >= 0.3 is 0 Å². The Kier molecular flexibility index (Phi) is 5.07. The summed E-state index contributed by atoms with van der Waals surface area (Å²) in [4.78, 5) is 0. The fourth-order valence-electron chi connectivity index (χ4n) is 3.01. The molecule has 0 radical (unpaired) electrons. The average molecular weight is 329 g/mol. The average Bonchev–Trinajstić information content (AvgIpc) is 2.60. The quantitative estimate of drug-likeness (QED) is 0.570. The Hall–Kier alpha value is -1.73. The van der Waals surface area contributed by atoms with Crippen LogP contribution in [0.1, 0.15) is 39.0 Å². The van der Waals surface area contributed by atoms with E-state index in [9.17, 15) is 4.57 Å². The first kappa shape index (κ1) is 16.1. The lowest BCUT2D eigenvalue weighted by molar-refractivity contribution is 0.466. The van der Waals surface area contributed by atoms with E-state index in [1.807, 2.05) is 54.6 Å². The molecule has 1 aliphatic rings. The van der Waals surface area contributed by atoms with E-state index in [1.165, 1.54) is 19.3 Å². The van der Waals surface area contributed by atoms with Gasteiger partial charge in [-0.25, -0.2) is 0 Å². The van der Waals surface area contributed by atoms with Crippen molar-refractivity contribution in [2.45, 2.75) is 44.8 Å². The monoisotopic (exact) mass is 329 g/mol. The van der Waals surface area contributed by atoms with Crippen molar-refractivity contribution in [2.75, 3.05) is 5.32 Å². The predicted molar refractivity (Wildman–Crippen MR) is 96.9 cm³/mol. The van der Waals surface area contributed by atoms with Crippen LogP contribution in [-0.4, -0.2) is 5.78 Å². The predicted octanol–water partition coefficient (Wildman–Crippen LogP) is 5.39. The molecule has 1 aliphatic heterocycles. The van der Waals surface area contributed by atoms with Gasteiger partial charge in [0, 0.05) is 0 Å². The number of unbranched alkanes of at least 4 members (excludes halogenated alkanes) is 3. The maximum absolute atomic E-state index is 13.7. The second kappa shape index (κ2) is 7.23. The molecule has 122 valence electrons. The molecule has 0 fully saturated rings. The molecule has 0 aliphatic carbocycles. The van der Waals surface area contributed by atoms with Crippen molar-refractivity contribution in [1.82, 2.24) is 0 Å². The molecule has 0 spiro atoms. The summed E-state index contributed by atoms with van der Waals surface area (Å²) in [6.45, 7) is 2.20. The normalized spacial score (nSPS) is 22.7. The third-order valence-electron chi connectivity index (χ3n) is 4.30. The zero-order valence-electron chi connectivity index (χ0n) is 13.6. The lowest BCUT2D eigenvalue weighted by atomic mass is 10.1. The third kappa shape index (κ3) is 3.45. The van der Waals surface area contributed by atoms with Crippen molar-refractivity contribution < 1.29 is 9.09 Å². The Bertz CT molecular complexity index is 687. The minimum Gasteiger partial charge on any atom is -0.436 e. The van der Waals surface area contributed by atoms with Crippen LogP contribution in [0.15, 0.2) is 54.6 Å². The molecule has 0 bridgehead atoms. The van der Waals surface area contributed by atoms with Crippen molar-refractivity contribution in [1.29, 1.82) is 0 Å². The fraction of sp³-hybridized carbons (Fsp3) is 0.368. The largest absolute Gasteiger partial charge is 0.436 e. The number of hydrogen-bond donors (Lipinski definition) is 1. The maximum Gasteiger partial charge on any atom is 0.298 e. The summed E-state index contributed by atoms with van der Waals surface area (Å²) >= 11 is 0. The molecule has 0 aromatic heterocycles. The number of hydrogen-bond acceptors (Lipinski definition) is 3. The van der Waals surface area contributed by atoms with Gasteiger partial charge in [-0.3, -0.25) is 4.57 Å². The fourth-order valence-corrected chi connectivity index (χ4v) is 5.48. The van der Waals surface area contributed by atoms with Gasteiger partial charge < -0.3 is 9.84 Å². The first-order chi connectivity index (χ1) is 11.2. The van der Waals surface area contributed by atoms with Gasteiger partial charge in [0.2, 0.25) is 0 Å². The van der Waals surface area contributed by atoms with E-state index in [4.69, 9.17) is 4.52 Å². The number of rotatable bonds is 6. The van der Waals surface area contributed by atoms with Crippen LogP contribution in [0.2, 0.25) is 0 Å². The molecule has 4 heteroatoms. The first-order valence-corrected chi connectivity index (χ1v) is 10.1. The van der Waals surface area contributed by atoms with Gasteiger partial charge in [-0.15, -0.1) is 0 Å². The summed E-state index contributed by atoms with van der Waals surface area (Å²) in [5.41, 5.74) is 0.940. The van der Waals surface area contributed by atoms with Crippen LogP contribution in [0.5, 0.6) is 5.75 Å². The summed E-state index contributed by atoms with van der Waals surface area (Å²) in [6.07, 6.45) is 5.52. The summed E-state index contributed by atoms with van der Waals surface area (Å²) in [5, 5.41) is 4.27. The van der Waals surface area contributed by atoms with E-state index < -0.39 is 7.37 Å². The first-order valence-electron chi connectivity index (χ1n) is 8.44. The highest BCUT2D eigenvalue weighted by molar-refractivity contribution is 7.68. The highest BCUT2D eigenvalue weighted by atomic mass is 31.2. The van der Waals surface area contributed by atoms with E-state index in [1.54, 1.807) is 0 Å². The van der Waals surface area contributed by atoms with E-state index in [0.717, 1.165) is 23.8 Å². The molecule has 3 rings (SSSR count). The molecule has 2 aromatic carbocycles. The van der Waals surface area contributed by atoms with Crippen LogP contribution >= 0.6 is 7.37 Å². The van der Waals surface area contributed by atoms with Crippen molar-refractivity contribution in [3.8, 4) is 5.75 Å². The van der Waals surface area contributed by atoms with E-state index in [2.05, 4.69) is 12.2 Å². The van der Waals surface area contributed by atoms with Gasteiger partial charge in [-0.05, 0) is 30.7 Å². The molecule has 0 amide bonds. The molecule has 2 aromatic rings. The van der Waals surface area contributed by atoms with Crippen LogP contribution in [0.4, 0.5) is 5.69 Å². The van der Waals surface area contributed by atoms with Crippen LogP contribution in [-0.2, 0) is 4.57 Å². The zero-order valence-corrected chi connectivity index (χ0v) is 14.5. The summed E-state index contributed by atoms with van der Waals surface area (Å²) < 4.78 is 19.8. The van der Waals surface area contributed by atoms with Gasteiger partial charge in [0.1, 0.15) is 11.5 Å². The Morgan fingerprint density at radius 1 is 1.00 bits per heavy atom. The number of nitrogens with one attached hydrogen (secondary N) is 1. The van der Waals surface area contributed by atoms with Crippen LogP contribution in [0.3, 0.4) is 0 Å². The van der Waals surface area contributed by atoms with E-state index in [0.29, 0.717) is 5.75 Å². The van der Waals surface area contributed by atoms with Gasteiger partial charge in [-0.1, -0.05) is 62.9 Å². The Morgan fingerprint density at radius 2 is 1.74 bits per heavy atom. The number of para-hydroxylation sites is 2.